The van der Waals surface area contributed by atoms with Gasteiger partial charge in [0.1, 0.15) is 17.1 Å². The topological polar surface area (TPSA) is 108 Å². The van der Waals surface area contributed by atoms with E-state index in [-0.39, 0.29) is 24.8 Å². The van der Waals surface area contributed by atoms with Crippen LogP contribution in [0.3, 0.4) is 0 Å². The Morgan fingerprint density at radius 3 is 2.65 bits per heavy atom. The summed E-state index contributed by atoms with van der Waals surface area (Å²) >= 11 is 0. The number of phenols is 1. The molecule has 0 aliphatic carbocycles. The van der Waals surface area contributed by atoms with Gasteiger partial charge in [-0.25, -0.2) is 0 Å². The first-order chi connectivity index (χ1) is 16.5. The van der Waals surface area contributed by atoms with E-state index in [0.29, 0.717) is 53.1 Å². The second-order valence-corrected chi connectivity index (χ2v) is 8.67. The fourth-order valence-corrected chi connectivity index (χ4v) is 4.25. The number of nitrogens with one attached hydrogen (secondary N) is 1. The maximum absolute atomic E-state index is 13.2. The van der Waals surface area contributed by atoms with Crippen molar-refractivity contribution < 1.29 is 24.5 Å². The van der Waals surface area contributed by atoms with Crippen LogP contribution in [0.1, 0.15) is 54.8 Å². The SMILES string of the molecule is CCOc1cc([C@H]2c3c(-c4ccccc4O)n[nH]c3C(=O)N2CCO)ccc1OCCC(C)C. The van der Waals surface area contributed by atoms with E-state index >= 15 is 0 Å². The Morgan fingerprint density at radius 1 is 1.15 bits per heavy atom. The summed E-state index contributed by atoms with van der Waals surface area (Å²) in [5, 5.41) is 27.3. The fourth-order valence-electron chi connectivity index (χ4n) is 4.25. The number of nitrogens with zero attached hydrogens (tertiary/aromatic N) is 2. The van der Waals surface area contributed by atoms with Crippen molar-refractivity contribution in [2.75, 3.05) is 26.4 Å². The number of amides is 1. The Bertz CT molecular complexity index is 1160. The first-order valence-corrected chi connectivity index (χ1v) is 11.6. The summed E-state index contributed by atoms with van der Waals surface area (Å²) in [6.07, 6.45) is 0.928. The Hall–Kier alpha value is -3.52. The van der Waals surface area contributed by atoms with Crippen molar-refractivity contribution in [3.05, 3.63) is 59.3 Å². The third-order valence-corrected chi connectivity index (χ3v) is 5.90. The van der Waals surface area contributed by atoms with Gasteiger partial charge in [0, 0.05) is 17.7 Å². The molecule has 0 fully saturated rings. The Balaban J connectivity index is 1.78. The van der Waals surface area contributed by atoms with Crippen LogP contribution in [-0.4, -0.2) is 57.6 Å². The molecule has 0 spiro atoms. The third kappa shape index (κ3) is 4.46. The minimum atomic E-state index is -0.507. The molecule has 34 heavy (non-hydrogen) atoms. The number of β-amino-alcohol motifs (C(OH)–C–C–N with tert-alkyl or cyclic N) is 1. The molecule has 1 aliphatic heterocycles. The van der Waals surface area contributed by atoms with Crippen LogP contribution in [0.4, 0.5) is 0 Å². The van der Waals surface area contributed by atoms with Gasteiger partial charge in [0.25, 0.3) is 5.91 Å². The highest BCUT2D eigenvalue weighted by molar-refractivity contribution is 6.00. The predicted molar refractivity (Wildman–Crippen MR) is 128 cm³/mol. The molecule has 1 atom stereocenters. The minimum absolute atomic E-state index is 0.0764. The molecule has 0 saturated carbocycles. The number of aliphatic hydroxyl groups is 1. The number of hydrogen-bond donors (Lipinski definition) is 3. The molecular formula is C26H31N3O5. The number of aliphatic hydroxyl groups excluding tert-OH is 1. The van der Waals surface area contributed by atoms with Crippen LogP contribution in [0.2, 0.25) is 0 Å². The van der Waals surface area contributed by atoms with Gasteiger partial charge in [-0.2, -0.15) is 5.10 Å². The smallest absolute Gasteiger partial charge is 0.273 e. The van der Waals surface area contributed by atoms with E-state index in [1.54, 1.807) is 23.1 Å². The molecule has 1 aliphatic rings. The number of fused-ring (bicyclic) bond motifs is 1. The van der Waals surface area contributed by atoms with Gasteiger partial charge < -0.3 is 24.6 Å². The van der Waals surface area contributed by atoms with Crippen LogP contribution < -0.4 is 9.47 Å². The van der Waals surface area contributed by atoms with Crippen molar-refractivity contribution >= 4 is 5.91 Å². The van der Waals surface area contributed by atoms with Crippen LogP contribution in [0.15, 0.2) is 42.5 Å². The lowest BCUT2D eigenvalue weighted by atomic mass is 9.95. The van der Waals surface area contributed by atoms with Crippen LogP contribution in [0.25, 0.3) is 11.3 Å². The quantitative estimate of drug-likeness (QED) is 0.415. The van der Waals surface area contributed by atoms with Crippen molar-refractivity contribution in [1.29, 1.82) is 0 Å². The first-order valence-electron chi connectivity index (χ1n) is 11.6. The van der Waals surface area contributed by atoms with Crippen molar-refractivity contribution in [3.63, 3.8) is 0 Å². The largest absolute Gasteiger partial charge is 0.507 e. The van der Waals surface area contributed by atoms with Gasteiger partial charge >= 0.3 is 0 Å². The van der Waals surface area contributed by atoms with Gasteiger partial charge in [-0.15, -0.1) is 0 Å². The number of H-pyrrole nitrogens is 1. The molecular weight excluding hydrogens is 434 g/mol. The Kier molecular flexibility index (Phi) is 7.07. The molecule has 0 bridgehead atoms. The van der Waals surface area contributed by atoms with Crippen LogP contribution >= 0.6 is 0 Å². The summed E-state index contributed by atoms with van der Waals surface area (Å²) in [4.78, 5) is 14.8. The maximum Gasteiger partial charge on any atom is 0.273 e. The number of carbonyl (C=O) groups is 1. The zero-order chi connectivity index (χ0) is 24.2. The number of para-hydroxylation sites is 1. The Labute approximate surface area is 199 Å². The van der Waals surface area contributed by atoms with Crippen molar-refractivity contribution in [3.8, 4) is 28.5 Å². The molecule has 4 rings (SSSR count). The lowest BCUT2D eigenvalue weighted by Gasteiger charge is -2.26. The van der Waals surface area contributed by atoms with E-state index in [9.17, 15) is 15.0 Å². The molecule has 3 N–H and O–H groups in total. The zero-order valence-electron chi connectivity index (χ0n) is 19.7. The molecule has 0 unspecified atom stereocenters. The number of hydrogen-bond acceptors (Lipinski definition) is 6. The minimum Gasteiger partial charge on any atom is -0.507 e. The highest BCUT2D eigenvalue weighted by atomic mass is 16.5. The standard InChI is InChI=1S/C26H31N3O5/c1-4-33-21-15-17(9-10-20(21)34-14-11-16(2)3)25-22-23(18-7-5-6-8-19(18)31)27-28-24(22)26(32)29(25)12-13-30/h5-10,15-16,25,30-31H,4,11-14H2,1-3H3,(H,27,28)/t25-/m0/s1. The average Bonchev–Trinajstić information content (AvgIpc) is 3.35. The lowest BCUT2D eigenvalue weighted by molar-refractivity contribution is 0.0706. The number of benzene rings is 2. The lowest BCUT2D eigenvalue weighted by Crippen LogP contribution is -2.32. The summed E-state index contributed by atoms with van der Waals surface area (Å²) in [5.74, 6) is 1.60. The van der Waals surface area contributed by atoms with Gasteiger partial charge in [0.05, 0.1) is 25.9 Å². The Morgan fingerprint density at radius 2 is 1.94 bits per heavy atom. The van der Waals surface area contributed by atoms with Gasteiger partial charge in [-0.3, -0.25) is 9.89 Å². The fraction of sp³-hybridized carbons (Fsp3) is 0.385. The summed E-state index contributed by atoms with van der Waals surface area (Å²) in [5.41, 5.74) is 2.85. The molecule has 1 aromatic heterocycles. The molecule has 3 aromatic rings. The number of carbonyl (C=O) groups excluding carboxylic acids is 1. The maximum atomic E-state index is 13.2. The number of aromatic hydroxyl groups is 1. The van der Waals surface area contributed by atoms with Gasteiger partial charge in [0.2, 0.25) is 0 Å². The highest BCUT2D eigenvalue weighted by Gasteiger charge is 2.42. The molecule has 0 saturated heterocycles. The van der Waals surface area contributed by atoms with E-state index < -0.39 is 6.04 Å². The first kappa shape index (κ1) is 23.6. The number of ether oxygens (including phenoxy) is 2. The molecule has 1 amide bonds. The number of rotatable bonds is 10. The van der Waals surface area contributed by atoms with E-state index in [1.165, 1.54) is 0 Å². The summed E-state index contributed by atoms with van der Waals surface area (Å²) in [7, 11) is 0. The molecule has 8 nitrogen and oxygen atoms in total. The van der Waals surface area contributed by atoms with Crippen molar-refractivity contribution in [2.24, 2.45) is 5.92 Å². The molecule has 180 valence electrons. The highest BCUT2D eigenvalue weighted by Crippen LogP contribution is 2.45. The number of aromatic amines is 1. The van der Waals surface area contributed by atoms with Gasteiger partial charge in [-0.1, -0.05) is 32.0 Å². The summed E-state index contributed by atoms with van der Waals surface area (Å²) in [6.45, 7) is 7.23. The number of aromatic nitrogens is 2. The summed E-state index contributed by atoms with van der Waals surface area (Å²) < 4.78 is 11.9. The average molecular weight is 466 g/mol. The van der Waals surface area contributed by atoms with E-state index in [4.69, 9.17) is 9.47 Å². The van der Waals surface area contributed by atoms with Crippen LogP contribution in [-0.2, 0) is 0 Å². The predicted octanol–water partition coefficient (Wildman–Crippen LogP) is 4.14. The van der Waals surface area contributed by atoms with E-state index in [0.717, 1.165) is 12.0 Å². The molecule has 0 radical (unpaired) electrons. The van der Waals surface area contributed by atoms with E-state index in [2.05, 4.69) is 24.0 Å². The van der Waals surface area contributed by atoms with Crippen LogP contribution in [0, 0.1) is 5.92 Å². The third-order valence-electron chi connectivity index (χ3n) is 5.90. The number of phenolic OH excluding ortho intramolecular Hbond substituents is 1. The second kappa shape index (κ2) is 10.2. The van der Waals surface area contributed by atoms with Crippen molar-refractivity contribution in [2.45, 2.75) is 33.2 Å². The van der Waals surface area contributed by atoms with Gasteiger partial charge in [0.15, 0.2) is 11.5 Å². The van der Waals surface area contributed by atoms with Crippen LogP contribution in [0.5, 0.6) is 17.2 Å². The normalized spacial score (nSPS) is 15.1. The molecule has 2 aromatic carbocycles. The van der Waals surface area contributed by atoms with Crippen molar-refractivity contribution in [1.82, 2.24) is 15.1 Å². The summed E-state index contributed by atoms with van der Waals surface area (Å²) in [6, 6.07) is 12.0. The van der Waals surface area contributed by atoms with E-state index in [1.807, 2.05) is 31.2 Å². The zero-order valence-corrected chi connectivity index (χ0v) is 19.7. The van der Waals surface area contributed by atoms with Gasteiger partial charge in [-0.05, 0) is 49.1 Å². The molecule has 2 heterocycles. The molecule has 8 heteroatoms. The second-order valence-electron chi connectivity index (χ2n) is 8.67. The monoisotopic (exact) mass is 465 g/mol.